The van der Waals surface area contributed by atoms with Gasteiger partial charge in [-0.25, -0.2) is 28.7 Å². The molecule has 2 fully saturated rings. The van der Waals surface area contributed by atoms with Crippen molar-refractivity contribution >= 4 is 77.8 Å². The molecule has 10 atom stereocenters. The molecule has 1 aromatic carbocycles. The van der Waals surface area contributed by atoms with Crippen LogP contribution in [0.15, 0.2) is 60.3 Å². The molecule has 73 heavy (non-hydrogen) atoms. The minimum Gasteiger partial charge on any atom is -0.414 e. The number of nitriles is 1. The predicted molar refractivity (Wildman–Crippen MR) is 266 cm³/mol. The Bertz CT molecular complexity index is 2900. The van der Waals surface area contributed by atoms with E-state index in [1.54, 1.807) is 30.3 Å². The van der Waals surface area contributed by atoms with Crippen LogP contribution in [0.4, 0.5) is 14.6 Å². The highest BCUT2D eigenvalue weighted by atomic mass is 32.5. The standard InChI is InChI=1S/C43H57F2N9O14P2SSi2/c1-23(2)72(60,24(3)4)68-73(25(5)6,26(7)8)67-35-29(18-55)63-43(53-17-28(44)31-38(53)48-21-50-41(31)57)36(35)66-70(71,61-16-12-15-46)62-19-30-34(65-69(58)59)32(45)42(64-30)54-22-51-33-37(47-20-49-39(33)54)52-40(56)27-13-10-9-11-14-27/h9-11,13-14,17,20-26,29-30,32,34-36,42-43,55,60H,12,16,18-19H2,1-8H3,(H2-,47,48,49,50,52,56,57,58,59)/p+1/t29-,30+,32+,34+,35+,36+,42+,43+,70?/m0/s1. The maximum Gasteiger partial charge on any atom is 0.695 e. The number of nitrogens with zero attached hydrogens (tertiary/aromatic N) is 7. The molecule has 5 aromatic rings. The van der Waals surface area contributed by atoms with Gasteiger partial charge in [0.2, 0.25) is 0 Å². The largest absolute Gasteiger partial charge is 0.695 e. The van der Waals surface area contributed by atoms with Gasteiger partial charge in [-0.15, -0.1) is 9.42 Å². The van der Waals surface area contributed by atoms with Crippen LogP contribution in [0.3, 0.4) is 0 Å². The van der Waals surface area contributed by atoms with E-state index < -0.39 is 117 Å². The van der Waals surface area contributed by atoms with Crippen molar-refractivity contribution in [3.8, 4) is 6.07 Å². The van der Waals surface area contributed by atoms with Gasteiger partial charge in [0.25, 0.3) is 11.5 Å². The van der Waals surface area contributed by atoms with Gasteiger partial charge in [-0.2, -0.15) is 5.26 Å². The van der Waals surface area contributed by atoms with Crippen molar-refractivity contribution in [3.05, 3.63) is 77.2 Å². The molecule has 2 unspecified atom stereocenters. The molecule has 4 aromatic heterocycles. The summed E-state index contributed by atoms with van der Waals surface area (Å²) in [5.41, 5.74) is -1.95. The number of ether oxygens (including phenoxy) is 2. The number of benzene rings is 1. The zero-order valence-electron chi connectivity index (χ0n) is 41.0. The van der Waals surface area contributed by atoms with Crippen molar-refractivity contribution in [2.75, 3.05) is 25.1 Å². The SMILES string of the molecule is CC(C)[Si](O)(O[Si](O[C@H]1[C@@H](OP(=S)(OCCC#N)OC[C@H]2O[C@@H](n3cnc4c(NC(=O)c5ccccc5)ncnc43)[C@H](F)[C@@H]2O[P+](=O)O)[C@H](n2cc(F)c3c(=O)[nH]cnc32)O[C@H]1CO)(C(C)C)C(C)C)C(C)C. The van der Waals surface area contributed by atoms with Crippen molar-refractivity contribution in [2.24, 2.45) is 0 Å². The lowest BCUT2D eigenvalue weighted by molar-refractivity contribution is -0.0560. The number of aromatic nitrogens is 7. The van der Waals surface area contributed by atoms with Crippen LogP contribution < -0.4 is 10.9 Å². The van der Waals surface area contributed by atoms with E-state index in [2.05, 4.69) is 30.2 Å². The molecule has 0 bridgehead atoms. The van der Waals surface area contributed by atoms with Gasteiger partial charge in [-0.1, -0.05) is 73.6 Å². The molecular weight excluding hydrogens is 1050 g/mol. The van der Waals surface area contributed by atoms with E-state index in [9.17, 15) is 34.2 Å². The highest BCUT2D eigenvalue weighted by Crippen LogP contribution is 2.57. The van der Waals surface area contributed by atoms with E-state index in [1.165, 1.54) is 15.5 Å². The minimum atomic E-state index is -4.37. The van der Waals surface area contributed by atoms with Gasteiger partial charge in [-0.3, -0.25) is 18.7 Å². The Morgan fingerprint density at radius 3 is 2.29 bits per heavy atom. The number of rotatable bonds is 23. The van der Waals surface area contributed by atoms with E-state index in [0.29, 0.717) is 5.56 Å². The van der Waals surface area contributed by atoms with Crippen molar-refractivity contribution < 1.29 is 69.0 Å². The number of nitrogens with one attached hydrogen (secondary N) is 2. The molecule has 30 heteroatoms. The lowest BCUT2D eigenvalue weighted by atomic mass is 10.1. The molecule has 1 amide bonds. The number of hydrogen-bond donors (Lipinski definition) is 5. The van der Waals surface area contributed by atoms with Gasteiger partial charge >= 0.3 is 32.1 Å². The molecular formula is C43H58F2N9O14P2SSi2+. The van der Waals surface area contributed by atoms with Gasteiger partial charge in [0.05, 0.1) is 45.0 Å². The smallest absolute Gasteiger partial charge is 0.414 e. The van der Waals surface area contributed by atoms with Crippen LogP contribution in [-0.2, 0) is 52.5 Å². The Kier molecular flexibility index (Phi) is 18.1. The zero-order chi connectivity index (χ0) is 53.2. The Labute approximate surface area is 426 Å². The predicted octanol–water partition coefficient (Wildman–Crippen LogP) is 6.59. The number of hydrogen-bond acceptors (Lipinski definition) is 19. The maximum absolute atomic E-state index is 16.8. The first-order valence-electron chi connectivity index (χ1n) is 23.3. The fourth-order valence-electron chi connectivity index (χ4n) is 8.94. The average Bonchev–Trinajstić information content (AvgIpc) is 4.10. The third-order valence-electron chi connectivity index (χ3n) is 12.7. The van der Waals surface area contributed by atoms with Crippen molar-refractivity contribution in [1.82, 2.24) is 34.1 Å². The number of alkyl halides is 1. The Morgan fingerprint density at radius 2 is 1.66 bits per heavy atom. The summed E-state index contributed by atoms with van der Waals surface area (Å²) in [7, 11) is -10.8. The van der Waals surface area contributed by atoms with Crippen molar-refractivity contribution in [2.45, 2.75) is 133 Å². The zero-order valence-corrected chi connectivity index (χ0v) is 45.6. The van der Waals surface area contributed by atoms with Crippen LogP contribution in [-0.4, -0.2) is 128 Å². The topological polar surface area (TPSA) is 299 Å². The number of anilines is 1. The third kappa shape index (κ3) is 11.6. The molecule has 2 aliphatic rings. The molecule has 0 spiro atoms. The fourth-order valence-corrected chi connectivity index (χ4v) is 21.4. The number of H-pyrrole nitrogens is 1. The number of amides is 1. The highest BCUT2D eigenvalue weighted by Gasteiger charge is 2.60. The number of halogens is 2. The van der Waals surface area contributed by atoms with Gasteiger partial charge < -0.3 is 51.8 Å². The normalized spacial score (nSPS) is 23.8. The van der Waals surface area contributed by atoms with Crippen LogP contribution in [0.2, 0.25) is 22.2 Å². The van der Waals surface area contributed by atoms with E-state index in [4.69, 9.17) is 47.9 Å². The Balaban J connectivity index is 1.26. The Morgan fingerprint density at radius 1 is 0.973 bits per heavy atom. The molecule has 2 saturated heterocycles. The number of aliphatic hydroxyl groups excluding tert-OH is 1. The summed E-state index contributed by atoms with van der Waals surface area (Å²) >= 11 is 6.04. The Hall–Kier alpha value is -4.25. The first-order chi connectivity index (χ1) is 34.6. The van der Waals surface area contributed by atoms with E-state index in [-0.39, 0.29) is 57.8 Å². The average molecular weight is 1110 g/mol. The van der Waals surface area contributed by atoms with Crippen LogP contribution in [0, 0.1) is 17.1 Å². The third-order valence-corrected chi connectivity index (χ3v) is 25.2. The molecule has 0 radical (unpaired) electrons. The highest BCUT2D eigenvalue weighted by molar-refractivity contribution is 8.07. The molecule has 396 valence electrons. The van der Waals surface area contributed by atoms with Crippen molar-refractivity contribution in [3.63, 3.8) is 0 Å². The van der Waals surface area contributed by atoms with Crippen LogP contribution in [0.25, 0.3) is 22.2 Å². The lowest BCUT2D eigenvalue weighted by Crippen LogP contribution is -2.62. The monoisotopic (exact) mass is 1110 g/mol. The van der Waals surface area contributed by atoms with Gasteiger partial charge in [-0.05, 0) is 46.1 Å². The summed E-state index contributed by atoms with van der Waals surface area (Å²) in [5, 5.41) is 22.8. The summed E-state index contributed by atoms with van der Waals surface area (Å²) in [6.45, 7) is 8.78. The van der Waals surface area contributed by atoms with Crippen LogP contribution in [0.1, 0.15) is 84.6 Å². The first kappa shape index (κ1) is 56.5. The number of aliphatic hydroxyl groups is 1. The molecule has 0 saturated carbocycles. The summed E-state index contributed by atoms with van der Waals surface area (Å²) in [5.74, 6) is -1.50. The maximum atomic E-state index is 16.8. The van der Waals surface area contributed by atoms with E-state index in [0.717, 1.165) is 18.9 Å². The summed E-state index contributed by atoms with van der Waals surface area (Å²) in [4.78, 5) is 67.5. The second-order valence-electron chi connectivity index (χ2n) is 18.6. The van der Waals surface area contributed by atoms with Crippen molar-refractivity contribution in [1.29, 1.82) is 5.26 Å². The second-order valence-corrected chi connectivity index (χ2v) is 30.8. The number of carbonyl (C=O) groups is 1. The van der Waals surface area contributed by atoms with Gasteiger partial charge in [0, 0.05) is 16.3 Å². The van der Waals surface area contributed by atoms with Gasteiger partial charge in [0.15, 0.2) is 53.2 Å². The van der Waals surface area contributed by atoms with Crippen LogP contribution >= 0.6 is 15.0 Å². The number of imidazole rings is 1. The quantitative estimate of drug-likeness (QED) is 0.0262. The number of aromatic amines is 1. The van der Waals surface area contributed by atoms with Gasteiger partial charge in [0.1, 0.15) is 36.1 Å². The summed E-state index contributed by atoms with van der Waals surface area (Å²) in [6.07, 6.45) is -8.87. The fraction of sp³-hybridized carbons (Fsp3) is 0.558. The number of fused-ring (bicyclic) bond motifs is 2. The summed E-state index contributed by atoms with van der Waals surface area (Å²) < 4.78 is 98.2. The van der Waals surface area contributed by atoms with E-state index >= 15 is 8.78 Å². The van der Waals surface area contributed by atoms with Crippen LogP contribution in [0.5, 0.6) is 0 Å². The molecule has 7 rings (SSSR count). The van der Waals surface area contributed by atoms with E-state index in [1.807, 2.05) is 61.5 Å². The molecule has 23 nitrogen and oxygen atoms in total. The lowest BCUT2D eigenvalue weighted by Gasteiger charge is -2.47. The molecule has 0 aliphatic carbocycles. The molecule has 6 heterocycles. The number of carbonyl (C=O) groups excluding carboxylic acids is 1. The molecule has 2 aliphatic heterocycles. The minimum absolute atomic E-state index is 0.00417. The molecule has 5 N–H and O–H groups in total. The first-order valence-corrected chi connectivity index (χ1v) is 31.0. The summed E-state index contributed by atoms with van der Waals surface area (Å²) in [6, 6.07) is 10.2. The second kappa shape index (κ2) is 23.3.